The first-order valence-electron chi connectivity index (χ1n) is 9.45. The number of benzene rings is 2. The van der Waals surface area contributed by atoms with Crippen molar-refractivity contribution < 1.29 is 13.9 Å². The van der Waals surface area contributed by atoms with Gasteiger partial charge in [-0.25, -0.2) is 4.98 Å². The summed E-state index contributed by atoms with van der Waals surface area (Å²) in [6.45, 7) is 0. The van der Waals surface area contributed by atoms with Crippen LogP contribution in [0.5, 0.6) is 11.5 Å². The van der Waals surface area contributed by atoms with Gasteiger partial charge in [0.05, 0.1) is 25.5 Å². The molecule has 0 saturated heterocycles. The van der Waals surface area contributed by atoms with E-state index in [9.17, 15) is 0 Å². The molecular formula is C22H18N4O3S2. The molecule has 0 aliphatic carbocycles. The molecule has 0 fully saturated rings. The first-order chi connectivity index (χ1) is 15.2. The predicted molar refractivity (Wildman–Crippen MR) is 122 cm³/mol. The van der Waals surface area contributed by atoms with E-state index in [-0.39, 0.29) is 0 Å². The van der Waals surface area contributed by atoms with Gasteiger partial charge < -0.3 is 18.9 Å². The van der Waals surface area contributed by atoms with E-state index >= 15 is 0 Å². The average Bonchev–Trinajstić information content (AvgIpc) is 3.56. The number of nitrogens with zero attached hydrogens (tertiary/aromatic N) is 3. The molecule has 0 atom stereocenters. The Morgan fingerprint density at radius 1 is 1.06 bits per heavy atom. The summed E-state index contributed by atoms with van der Waals surface area (Å²) in [4.78, 5) is 7.96. The van der Waals surface area contributed by atoms with Crippen LogP contribution in [0.1, 0.15) is 5.69 Å². The summed E-state index contributed by atoms with van der Waals surface area (Å²) in [5.74, 6) is 2.52. The van der Waals surface area contributed by atoms with Crippen molar-refractivity contribution in [3.63, 3.8) is 0 Å². The molecular weight excluding hydrogens is 432 g/mol. The molecule has 0 radical (unpaired) electrons. The number of aromatic nitrogens is 4. The molecule has 0 spiro atoms. The quantitative estimate of drug-likeness (QED) is 0.321. The third-order valence-corrected chi connectivity index (χ3v) is 6.54. The number of nitrogens with one attached hydrogen (secondary N) is 1. The molecule has 0 aliphatic rings. The molecule has 5 aromatic rings. The summed E-state index contributed by atoms with van der Waals surface area (Å²) in [5.41, 5.74) is 3.87. The van der Waals surface area contributed by atoms with Crippen LogP contribution in [-0.2, 0) is 5.75 Å². The molecule has 156 valence electrons. The van der Waals surface area contributed by atoms with Crippen LogP contribution in [0.3, 0.4) is 0 Å². The number of fused-ring (bicyclic) bond motifs is 1. The molecule has 0 saturated carbocycles. The van der Waals surface area contributed by atoms with Crippen molar-refractivity contribution in [1.82, 2.24) is 20.2 Å². The van der Waals surface area contributed by atoms with Crippen molar-refractivity contribution in [1.29, 1.82) is 0 Å². The highest BCUT2D eigenvalue weighted by atomic mass is 32.2. The lowest BCUT2D eigenvalue weighted by Crippen LogP contribution is -1.90. The zero-order valence-corrected chi connectivity index (χ0v) is 18.4. The van der Waals surface area contributed by atoms with Crippen LogP contribution in [-0.4, -0.2) is 34.4 Å². The second-order valence-electron chi connectivity index (χ2n) is 6.62. The molecule has 3 aromatic heterocycles. The third-order valence-electron chi connectivity index (χ3n) is 4.75. The van der Waals surface area contributed by atoms with E-state index in [2.05, 4.69) is 15.2 Å². The maximum Gasteiger partial charge on any atom is 0.277 e. The molecule has 0 unspecified atom stereocenters. The van der Waals surface area contributed by atoms with Gasteiger partial charge in [0, 0.05) is 33.8 Å². The molecule has 31 heavy (non-hydrogen) atoms. The maximum atomic E-state index is 5.87. The zero-order valence-electron chi connectivity index (χ0n) is 16.8. The third kappa shape index (κ3) is 3.89. The van der Waals surface area contributed by atoms with Gasteiger partial charge >= 0.3 is 0 Å². The molecule has 0 aliphatic heterocycles. The molecule has 5 rings (SSSR count). The van der Waals surface area contributed by atoms with Crippen molar-refractivity contribution in [3.05, 3.63) is 59.7 Å². The largest absolute Gasteiger partial charge is 0.493 e. The van der Waals surface area contributed by atoms with E-state index in [4.69, 9.17) is 18.9 Å². The van der Waals surface area contributed by atoms with Crippen LogP contribution in [0.25, 0.3) is 32.9 Å². The van der Waals surface area contributed by atoms with Gasteiger partial charge in [0.15, 0.2) is 11.5 Å². The number of rotatable bonds is 7. The molecule has 0 bridgehead atoms. The number of aromatic amines is 1. The van der Waals surface area contributed by atoms with E-state index in [1.165, 1.54) is 11.8 Å². The molecule has 7 nitrogen and oxygen atoms in total. The summed E-state index contributed by atoms with van der Waals surface area (Å²) in [5, 5.41) is 12.9. The van der Waals surface area contributed by atoms with Gasteiger partial charge in [-0.3, -0.25) is 0 Å². The molecule has 2 aromatic carbocycles. The number of para-hydroxylation sites is 1. The number of methoxy groups -OCH3 is 2. The van der Waals surface area contributed by atoms with Crippen molar-refractivity contribution in [2.24, 2.45) is 0 Å². The molecule has 3 heterocycles. The van der Waals surface area contributed by atoms with Crippen LogP contribution in [0.4, 0.5) is 0 Å². The van der Waals surface area contributed by atoms with Crippen LogP contribution in [0.15, 0.2) is 63.7 Å². The molecule has 0 amide bonds. The van der Waals surface area contributed by atoms with Gasteiger partial charge in [-0.2, -0.15) is 0 Å². The topological polar surface area (TPSA) is 86.1 Å². The van der Waals surface area contributed by atoms with Gasteiger partial charge in [-0.15, -0.1) is 21.5 Å². The van der Waals surface area contributed by atoms with Crippen molar-refractivity contribution in [2.75, 3.05) is 14.2 Å². The number of H-pyrrole nitrogens is 1. The summed E-state index contributed by atoms with van der Waals surface area (Å²) in [7, 11) is 3.25. The second kappa shape index (κ2) is 8.44. The molecule has 1 N–H and O–H groups in total. The fourth-order valence-electron chi connectivity index (χ4n) is 3.24. The Labute approximate surface area is 186 Å². The van der Waals surface area contributed by atoms with Gasteiger partial charge in [-0.05, 0) is 24.3 Å². The van der Waals surface area contributed by atoms with Crippen molar-refractivity contribution >= 4 is 34.0 Å². The highest BCUT2D eigenvalue weighted by molar-refractivity contribution is 7.98. The summed E-state index contributed by atoms with van der Waals surface area (Å²) in [6.07, 6.45) is 1.89. The number of hydrogen-bond donors (Lipinski definition) is 1. The van der Waals surface area contributed by atoms with Gasteiger partial charge in [0.2, 0.25) is 0 Å². The number of thioether (sulfide) groups is 1. The number of ether oxygens (including phenoxy) is 2. The highest BCUT2D eigenvalue weighted by Gasteiger charge is 2.15. The SMILES string of the molecule is COc1ccc(-c2nc(CSc3nnc(-c4c[nH]c5ccccc45)o3)cs2)cc1OC. The molecule has 9 heteroatoms. The summed E-state index contributed by atoms with van der Waals surface area (Å²) in [6, 6.07) is 13.8. The standard InChI is InChI=1S/C22H18N4O3S2/c1-27-18-8-7-13(9-19(18)28-2)21-24-14(11-30-21)12-31-22-26-25-20(29-22)16-10-23-17-6-4-3-5-15(16)17/h3-11,23H,12H2,1-2H3. The van der Waals surface area contributed by atoms with E-state index in [1.807, 2.05) is 54.0 Å². The highest BCUT2D eigenvalue weighted by Crippen LogP contribution is 2.35. The maximum absolute atomic E-state index is 5.87. The van der Waals surface area contributed by atoms with E-state index in [1.54, 1.807) is 25.6 Å². The fourth-order valence-corrected chi connectivity index (χ4v) is 4.81. The minimum Gasteiger partial charge on any atom is -0.493 e. The zero-order chi connectivity index (χ0) is 21.2. The Balaban J connectivity index is 1.29. The van der Waals surface area contributed by atoms with E-state index < -0.39 is 0 Å². The summed E-state index contributed by atoms with van der Waals surface area (Å²) >= 11 is 3.05. The minimum absolute atomic E-state index is 0.504. The minimum atomic E-state index is 0.504. The number of hydrogen-bond acceptors (Lipinski definition) is 8. The van der Waals surface area contributed by atoms with Crippen LogP contribution in [0, 0.1) is 0 Å². The van der Waals surface area contributed by atoms with Gasteiger partial charge in [0.1, 0.15) is 5.01 Å². The lowest BCUT2D eigenvalue weighted by atomic mass is 10.2. The lowest BCUT2D eigenvalue weighted by molar-refractivity contribution is 0.355. The lowest BCUT2D eigenvalue weighted by Gasteiger charge is -2.08. The van der Waals surface area contributed by atoms with E-state index in [0.29, 0.717) is 28.4 Å². The monoisotopic (exact) mass is 450 g/mol. The van der Waals surface area contributed by atoms with Crippen LogP contribution in [0.2, 0.25) is 0 Å². The second-order valence-corrected chi connectivity index (χ2v) is 8.41. The van der Waals surface area contributed by atoms with Gasteiger partial charge in [0.25, 0.3) is 11.1 Å². The first-order valence-corrected chi connectivity index (χ1v) is 11.3. The first kappa shape index (κ1) is 19.7. The normalized spacial score (nSPS) is 11.2. The van der Waals surface area contributed by atoms with Crippen LogP contribution < -0.4 is 9.47 Å². The van der Waals surface area contributed by atoms with Crippen molar-refractivity contribution in [3.8, 4) is 33.5 Å². The smallest absolute Gasteiger partial charge is 0.277 e. The Kier molecular flexibility index (Phi) is 5.35. The Hall–Kier alpha value is -3.30. The van der Waals surface area contributed by atoms with Crippen molar-refractivity contribution in [2.45, 2.75) is 11.0 Å². The summed E-state index contributed by atoms with van der Waals surface area (Å²) < 4.78 is 16.6. The van der Waals surface area contributed by atoms with E-state index in [0.717, 1.165) is 32.7 Å². The van der Waals surface area contributed by atoms with Gasteiger partial charge in [-0.1, -0.05) is 30.0 Å². The Morgan fingerprint density at radius 2 is 1.94 bits per heavy atom. The predicted octanol–water partition coefficient (Wildman–Crippen LogP) is 5.65. The average molecular weight is 451 g/mol. The fraction of sp³-hybridized carbons (Fsp3) is 0.136. The Bertz CT molecular complexity index is 1340. The number of thiazole rings is 1. The van der Waals surface area contributed by atoms with Crippen LogP contribution >= 0.6 is 23.1 Å². The Morgan fingerprint density at radius 3 is 2.81 bits per heavy atom.